The van der Waals surface area contributed by atoms with Crippen molar-refractivity contribution in [3.05, 3.63) is 35.9 Å². The van der Waals surface area contributed by atoms with Crippen LogP contribution in [0, 0.1) is 6.07 Å². The Morgan fingerprint density at radius 3 is 2.46 bits per heavy atom. The molecular weight excluding hydrogens is 190 g/mol. The van der Waals surface area contributed by atoms with Crippen LogP contribution in [0.1, 0.15) is 12.5 Å². The molecule has 4 nitrogen and oxygen atoms in total. The minimum absolute atomic E-state index is 0.588. The maximum absolute atomic E-state index is 10.3. The monoisotopic (exact) mass is 200 g/mol. The van der Waals surface area contributed by atoms with E-state index in [9.17, 15) is 8.42 Å². The first kappa shape index (κ1) is 10.2. The van der Waals surface area contributed by atoms with Gasteiger partial charge in [-0.15, -0.1) is 0 Å². The van der Waals surface area contributed by atoms with Crippen molar-refractivity contribution in [2.45, 2.75) is 12.6 Å². The second-order valence-electron chi connectivity index (χ2n) is 2.71. The van der Waals surface area contributed by atoms with Gasteiger partial charge in [-0.25, -0.2) is 12.6 Å². The number of rotatable bonds is 3. The average molecular weight is 200 g/mol. The first-order valence-electron chi connectivity index (χ1n) is 3.61. The van der Waals surface area contributed by atoms with Crippen molar-refractivity contribution in [1.82, 2.24) is 0 Å². The molecule has 2 N–H and O–H groups in total. The molecule has 1 radical (unpaired) electrons. The topological polar surface area (TPSA) is 69.4 Å². The molecule has 0 heterocycles. The van der Waals surface area contributed by atoms with Crippen molar-refractivity contribution in [1.29, 1.82) is 0 Å². The molecule has 0 saturated carbocycles. The summed E-state index contributed by atoms with van der Waals surface area (Å²) in [5.74, 6) is 0. The van der Waals surface area contributed by atoms with Crippen LogP contribution in [-0.2, 0) is 20.9 Å². The van der Waals surface area contributed by atoms with E-state index in [1.165, 1.54) is 6.92 Å². The highest BCUT2D eigenvalue weighted by molar-refractivity contribution is 7.67. The molecule has 1 unspecified atom stereocenters. The number of nitrogens with two attached hydrogens (primary N) is 1. The van der Waals surface area contributed by atoms with Crippen LogP contribution in [0.5, 0.6) is 0 Å². The van der Waals surface area contributed by atoms with Crippen molar-refractivity contribution in [2.75, 3.05) is 0 Å². The average Bonchev–Trinajstić information content (AvgIpc) is 2.04. The largest absolute Gasteiger partial charge is 0.299 e. The molecule has 0 amide bonds. The lowest BCUT2D eigenvalue weighted by Crippen LogP contribution is -2.35. The van der Waals surface area contributed by atoms with Gasteiger partial charge in [0.05, 0.1) is 0 Å². The lowest BCUT2D eigenvalue weighted by atomic mass is 10.1. The summed E-state index contributed by atoms with van der Waals surface area (Å²) in [6.45, 7) is 1.48. The van der Waals surface area contributed by atoms with Crippen LogP contribution in [0.3, 0.4) is 0 Å². The van der Waals surface area contributed by atoms with Crippen molar-refractivity contribution in [3.8, 4) is 0 Å². The van der Waals surface area contributed by atoms with Crippen molar-refractivity contribution in [3.63, 3.8) is 0 Å². The van der Waals surface area contributed by atoms with Gasteiger partial charge in [-0.2, -0.15) is 0 Å². The van der Waals surface area contributed by atoms with E-state index in [0.717, 1.165) is 0 Å². The SMILES string of the molecule is CC(N)(O[SH](=O)=O)c1cc[c]cc1. The second kappa shape index (κ2) is 3.87. The molecule has 5 heteroatoms. The molecule has 0 aromatic heterocycles. The zero-order chi connectivity index (χ0) is 9.90. The maximum atomic E-state index is 10.3. The summed E-state index contributed by atoms with van der Waals surface area (Å²) in [5, 5.41) is 0. The molecule has 0 bridgehead atoms. The zero-order valence-electron chi connectivity index (χ0n) is 7.06. The van der Waals surface area contributed by atoms with Crippen LogP contribution in [0.2, 0.25) is 0 Å². The lowest BCUT2D eigenvalue weighted by Gasteiger charge is -2.21. The van der Waals surface area contributed by atoms with Crippen molar-refractivity contribution in [2.24, 2.45) is 5.73 Å². The fourth-order valence-electron chi connectivity index (χ4n) is 0.925. The molecule has 0 aliphatic carbocycles. The van der Waals surface area contributed by atoms with Crippen molar-refractivity contribution < 1.29 is 12.6 Å². The zero-order valence-corrected chi connectivity index (χ0v) is 7.95. The Bertz CT molecular complexity index is 338. The van der Waals surface area contributed by atoms with Gasteiger partial charge in [0.15, 0.2) is 5.72 Å². The number of thiol groups is 1. The van der Waals surface area contributed by atoms with E-state index in [-0.39, 0.29) is 0 Å². The molecule has 0 saturated heterocycles. The van der Waals surface area contributed by atoms with Gasteiger partial charge in [0, 0.05) is 0 Å². The smallest absolute Gasteiger partial charge is 0.259 e. The van der Waals surface area contributed by atoms with Gasteiger partial charge in [0.2, 0.25) is 0 Å². The van der Waals surface area contributed by atoms with Gasteiger partial charge >= 0.3 is 0 Å². The normalized spacial score (nSPS) is 15.6. The molecular formula is C8H10NO3S. The van der Waals surface area contributed by atoms with Gasteiger partial charge in [-0.3, -0.25) is 5.73 Å². The third-order valence-corrected chi connectivity index (χ3v) is 2.08. The van der Waals surface area contributed by atoms with Gasteiger partial charge in [0.25, 0.3) is 11.0 Å². The third-order valence-electron chi connectivity index (χ3n) is 1.56. The molecule has 71 valence electrons. The van der Waals surface area contributed by atoms with Crippen LogP contribution < -0.4 is 5.73 Å². The van der Waals surface area contributed by atoms with Crippen LogP contribution in [0.15, 0.2) is 24.3 Å². The Labute approximate surface area is 78.5 Å². The Kier molecular flexibility index (Phi) is 3.02. The fraction of sp³-hybridized carbons (Fsp3) is 0.250. The Hall–Kier alpha value is -0.910. The molecule has 0 aliphatic heterocycles. The summed E-state index contributed by atoms with van der Waals surface area (Å²) in [4.78, 5) is 0. The first-order valence-corrected chi connectivity index (χ1v) is 4.71. The van der Waals surface area contributed by atoms with E-state index in [2.05, 4.69) is 10.2 Å². The highest BCUT2D eigenvalue weighted by atomic mass is 32.2. The first-order chi connectivity index (χ1) is 6.02. The number of benzene rings is 1. The van der Waals surface area contributed by atoms with E-state index in [4.69, 9.17) is 5.73 Å². The summed E-state index contributed by atoms with van der Waals surface area (Å²) in [5.41, 5.74) is 4.91. The van der Waals surface area contributed by atoms with Crippen molar-refractivity contribution >= 4 is 11.0 Å². The van der Waals surface area contributed by atoms with E-state index in [1.54, 1.807) is 24.3 Å². The van der Waals surface area contributed by atoms with Gasteiger partial charge in [-0.05, 0) is 18.6 Å². The van der Waals surface area contributed by atoms with Gasteiger partial charge < -0.3 is 0 Å². The van der Waals surface area contributed by atoms with Crippen LogP contribution >= 0.6 is 0 Å². The molecule has 0 spiro atoms. The third kappa shape index (κ3) is 2.80. The van der Waals surface area contributed by atoms with Crippen LogP contribution in [-0.4, -0.2) is 8.42 Å². The predicted molar refractivity (Wildman–Crippen MR) is 48.2 cm³/mol. The Balaban J connectivity index is 2.93. The van der Waals surface area contributed by atoms with Gasteiger partial charge in [0.1, 0.15) is 0 Å². The second-order valence-corrected chi connectivity index (χ2v) is 3.34. The quantitative estimate of drug-likeness (QED) is 0.538. The standard InChI is InChI=1S/C8H10NO3S/c1-8(9,12-13(10)11)7-5-3-2-4-6-7/h3-6,13H,9H2,1H3. The molecule has 1 aromatic carbocycles. The lowest BCUT2D eigenvalue weighted by molar-refractivity contribution is 0.111. The Morgan fingerprint density at radius 1 is 1.46 bits per heavy atom. The molecule has 1 aromatic rings. The van der Waals surface area contributed by atoms with Crippen LogP contribution in [0.25, 0.3) is 0 Å². The highest BCUT2D eigenvalue weighted by Crippen LogP contribution is 2.18. The minimum Gasteiger partial charge on any atom is -0.299 e. The van der Waals surface area contributed by atoms with E-state index >= 15 is 0 Å². The predicted octanol–water partition coefficient (Wildman–Crippen LogP) is 0.161. The highest BCUT2D eigenvalue weighted by Gasteiger charge is 2.22. The summed E-state index contributed by atoms with van der Waals surface area (Å²) in [6, 6.07) is 9.38. The number of hydrogen-bond donors (Lipinski definition) is 2. The van der Waals surface area contributed by atoms with E-state index in [1.807, 2.05) is 0 Å². The van der Waals surface area contributed by atoms with Gasteiger partial charge in [-0.1, -0.05) is 24.3 Å². The Morgan fingerprint density at radius 2 is 2.00 bits per heavy atom. The summed E-state index contributed by atoms with van der Waals surface area (Å²) in [7, 11) is -2.95. The van der Waals surface area contributed by atoms with E-state index < -0.39 is 16.7 Å². The maximum Gasteiger partial charge on any atom is 0.259 e. The van der Waals surface area contributed by atoms with Crippen LogP contribution in [0.4, 0.5) is 0 Å². The summed E-state index contributed by atoms with van der Waals surface area (Å²) >= 11 is 0. The van der Waals surface area contributed by atoms with E-state index in [0.29, 0.717) is 5.56 Å². The molecule has 0 fully saturated rings. The fourth-order valence-corrected chi connectivity index (χ4v) is 1.34. The number of hydrogen-bond acceptors (Lipinski definition) is 4. The molecule has 1 rings (SSSR count). The molecule has 13 heavy (non-hydrogen) atoms. The molecule has 0 aliphatic rings. The summed E-state index contributed by atoms with van der Waals surface area (Å²) < 4.78 is 25.2. The summed E-state index contributed by atoms with van der Waals surface area (Å²) in [6.07, 6.45) is 0. The molecule has 1 atom stereocenters. The minimum atomic E-state index is -2.95.